The number of phenolic OH excluding ortho intramolecular Hbond substituents is 1. The molecule has 1 amide bonds. The minimum Gasteiger partial charge on any atom is -0.507 e. The Morgan fingerprint density at radius 1 is 1.15 bits per heavy atom. The maximum atomic E-state index is 13.5. The Bertz CT molecular complexity index is 703. The van der Waals surface area contributed by atoms with Crippen LogP contribution in [0.5, 0.6) is 5.75 Å². The lowest BCUT2D eigenvalue weighted by Gasteiger charge is -2.09. The van der Waals surface area contributed by atoms with Crippen LogP contribution in [0, 0.1) is 23.0 Å². The second-order valence-electron chi connectivity index (χ2n) is 3.86. The number of aromatic hydroxyl groups is 1. The lowest BCUT2D eigenvalue weighted by molar-refractivity contribution is 0.102. The molecule has 2 rings (SSSR count). The van der Waals surface area contributed by atoms with Gasteiger partial charge in [0.1, 0.15) is 34.6 Å². The van der Waals surface area contributed by atoms with Gasteiger partial charge in [-0.25, -0.2) is 8.78 Å². The maximum Gasteiger partial charge on any atom is 0.262 e. The summed E-state index contributed by atoms with van der Waals surface area (Å²) in [4.78, 5) is 11.9. The number of rotatable bonds is 2. The molecule has 0 radical (unpaired) electrons. The molecule has 0 aromatic heterocycles. The van der Waals surface area contributed by atoms with E-state index in [4.69, 9.17) is 5.26 Å². The van der Waals surface area contributed by atoms with Crippen LogP contribution in [0.25, 0.3) is 0 Å². The largest absolute Gasteiger partial charge is 0.507 e. The zero-order valence-electron chi connectivity index (χ0n) is 10.0. The second kappa shape index (κ2) is 5.36. The number of carbonyl (C=O) groups is 1. The minimum absolute atomic E-state index is 0.0971. The summed E-state index contributed by atoms with van der Waals surface area (Å²) in [6.07, 6.45) is 0. The van der Waals surface area contributed by atoms with Gasteiger partial charge in [0.2, 0.25) is 0 Å². The highest BCUT2D eigenvalue weighted by Gasteiger charge is 2.18. The van der Waals surface area contributed by atoms with E-state index in [0.29, 0.717) is 0 Å². The molecule has 100 valence electrons. The van der Waals surface area contributed by atoms with Gasteiger partial charge in [0, 0.05) is 0 Å². The van der Waals surface area contributed by atoms with Crippen LogP contribution in [0.15, 0.2) is 36.4 Å². The van der Waals surface area contributed by atoms with E-state index in [2.05, 4.69) is 5.32 Å². The molecule has 0 aliphatic carbocycles. The van der Waals surface area contributed by atoms with E-state index in [0.717, 1.165) is 18.2 Å². The molecule has 20 heavy (non-hydrogen) atoms. The van der Waals surface area contributed by atoms with E-state index in [1.165, 1.54) is 18.2 Å². The van der Waals surface area contributed by atoms with Crippen LogP contribution in [0.1, 0.15) is 15.9 Å². The first-order chi connectivity index (χ1) is 9.54. The number of phenols is 1. The fraction of sp³-hybridized carbons (Fsp3) is 0. The van der Waals surface area contributed by atoms with Gasteiger partial charge in [0.25, 0.3) is 5.91 Å². The molecule has 0 atom stereocenters. The lowest BCUT2D eigenvalue weighted by atomic mass is 10.1. The fourth-order valence-electron chi connectivity index (χ4n) is 1.66. The van der Waals surface area contributed by atoms with E-state index in [1.54, 1.807) is 6.07 Å². The molecule has 2 aromatic rings. The van der Waals surface area contributed by atoms with Gasteiger partial charge in [-0.05, 0) is 24.3 Å². The highest BCUT2D eigenvalue weighted by atomic mass is 19.1. The molecule has 6 heteroatoms. The second-order valence-corrected chi connectivity index (χ2v) is 3.86. The summed E-state index contributed by atoms with van der Waals surface area (Å²) in [5.74, 6) is -3.24. The van der Waals surface area contributed by atoms with Crippen molar-refractivity contribution in [3.63, 3.8) is 0 Å². The van der Waals surface area contributed by atoms with Crippen LogP contribution in [0.2, 0.25) is 0 Å². The number of anilines is 1. The first-order valence-corrected chi connectivity index (χ1v) is 5.52. The van der Waals surface area contributed by atoms with Crippen molar-refractivity contribution in [2.45, 2.75) is 0 Å². The van der Waals surface area contributed by atoms with E-state index in [9.17, 15) is 18.7 Å². The normalized spacial score (nSPS) is 9.85. The van der Waals surface area contributed by atoms with Crippen LogP contribution in [-0.2, 0) is 0 Å². The van der Waals surface area contributed by atoms with Gasteiger partial charge in [0.15, 0.2) is 0 Å². The molecule has 4 nitrogen and oxygen atoms in total. The molecule has 0 bridgehead atoms. The van der Waals surface area contributed by atoms with Crippen molar-refractivity contribution in [1.82, 2.24) is 0 Å². The summed E-state index contributed by atoms with van der Waals surface area (Å²) in [6, 6.07) is 8.66. The van der Waals surface area contributed by atoms with Crippen molar-refractivity contribution in [1.29, 1.82) is 5.26 Å². The molecular formula is C14H8F2N2O2. The average Bonchev–Trinajstić information content (AvgIpc) is 2.38. The molecule has 0 aliphatic rings. The zero-order chi connectivity index (χ0) is 14.7. The number of nitriles is 1. The molecule has 2 aromatic carbocycles. The predicted octanol–water partition coefficient (Wildman–Crippen LogP) is 2.79. The third-order valence-electron chi connectivity index (χ3n) is 2.59. The van der Waals surface area contributed by atoms with Gasteiger partial charge in [-0.1, -0.05) is 12.1 Å². The SMILES string of the molecule is N#Cc1c(F)cccc1NC(=O)c1c(O)cccc1F. The van der Waals surface area contributed by atoms with Crippen LogP contribution in [-0.4, -0.2) is 11.0 Å². The summed E-state index contributed by atoms with van der Waals surface area (Å²) in [6.45, 7) is 0. The van der Waals surface area contributed by atoms with E-state index in [-0.39, 0.29) is 11.3 Å². The molecule has 0 fully saturated rings. The maximum absolute atomic E-state index is 13.5. The third kappa shape index (κ3) is 2.42. The summed E-state index contributed by atoms with van der Waals surface area (Å²) in [7, 11) is 0. The molecule has 0 spiro atoms. The van der Waals surface area contributed by atoms with Gasteiger partial charge >= 0.3 is 0 Å². The molecule has 0 heterocycles. The molecule has 0 unspecified atom stereocenters. The Kier molecular flexibility index (Phi) is 3.62. The van der Waals surface area contributed by atoms with Gasteiger partial charge in [-0.2, -0.15) is 5.26 Å². The summed E-state index contributed by atoms with van der Waals surface area (Å²) < 4.78 is 26.9. The standard InChI is InChI=1S/C14H8F2N2O2/c15-9-3-1-5-11(8(9)7-17)18-14(20)13-10(16)4-2-6-12(13)19/h1-6,19H,(H,18,20). The van der Waals surface area contributed by atoms with Gasteiger partial charge < -0.3 is 10.4 Å². The number of hydrogen-bond acceptors (Lipinski definition) is 3. The van der Waals surface area contributed by atoms with Crippen molar-refractivity contribution in [3.05, 3.63) is 59.2 Å². The van der Waals surface area contributed by atoms with Gasteiger partial charge in [0.05, 0.1) is 5.69 Å². The summed E-state index contributed by atoms with van der Waals surface area (Å²) in [5.41, 5.74) is -1.03. The van der Waals surface area contributed by atoms with Crippen LogP contribution in [0.3, 0.4) is 0 Å². The monoisotopic (exact) mass is 274 g/mol. The minimum atomic E-state index is -0.970. The number of nitrogens with one attached hydrogen (secondary N) is 1. The zero-order valence-corrected chi connectivity index (χ0v) is 10.0. The van der Waals surface area contributed by atoms with Crippen molar-refractivity contribution in [3.8, 4) is 11.8 Å². The quantitative estimate of drug-likeness (QED) is 0.884. The summed E-state index contributed by atoms with van der Waals surface area (Å²) >= 11 is 0. The Morgan fingerprint density at radius 2 is 1.80 bits per heavy atom. The van der Waals surface area contributed by atoms with Gasteiger partial charge in [-0.15, -0.1) is 0 Å². The highest BCUT2D eigenvalue weighted by molar-refractivity contribution is 6.06. The number of halogens is 2. The lowest BCUT2D eigenvalue weighted by Crippen LogP contribution is -2.15. The predicted molar refractivity (Wildman–Crippen MR) is 67.1 cm³/mol. The number of benzene rings is 2. The first-order valence-electron chi connectivity index (χ1n) is 5.52. The van der Waals surface area contributed by atoms with E-state index >= 15 is 0 Å². The molecule has 0 aliphatic heterocycles. The smallest absolute Gasteiger partial charge is 0.262 e. The van der Waals surface area contributed by atoms with Crippen LogP contribution >= 0.6 is 0 Å². The molecular weight excluding hydrogens is 266 g/mol. The van der Waals surface area contributed by atoms with Crippen molar-refractivity contribution >= 4 is 11.6 Å². The van der Waals surface area contributed by atoms with Crippen molar-refractivity contribution in [2.75, 3.05) is 5.32 Å². The molecule has 0 saturated carbocycles. The van der Waals surface area contributed by atoms with E-state index in [1.807, 2.05) is 0 Å². The highest BCUT2D eigenvalue weighted by Crippen LogP contribution is 2.23. The first kappa shape index (κ1) is 13.5. The van der Waals surface area contributed by atoms with Crippen LogP contribution in [0.4, 0.5) is 14.5 Å². The third-order valence-corrected chi connectivity index (χ3v) is 2.59. The van der Waals surface area contributed by atoms with Crippen LogP contribution < -0.4 is 5.32 Å². The molecule has 0 saturated heterocycles. The summed E-state index contributed by atoms with van der Waals surface area (Å²) in [5, 5.41) is 20.5. The number of amides is 1. The molecule has 2 N–H and O–H groups in total. The Balaban J connectivity index is 2.39. The Labute approximate surface area is 112 Å². The topological polar surface area (TPSA) is 73.1 Å². The average molecular weight is 274 g/mol. The Morgan fingerprint density at radius 3 is 2.45 bits per heavy atom. The van der Waals surface area contributed by atoms with E-state index < -0.39 is 28.9 Å². The fourth-order valence-corrected chi connectivity index (χ4v) is 1.66. The number of carbonyl (C=O) groups excluding carboxylic acids is 1. The number of nitrogens with zero attached hydrogens (tertiary/aromatic N) is 1. The van der Waals surface area contributed by atoms with Crippen molar-refractivity contribution in [2.24, 2.45) is 0 Å². The number of hydrogen-bond donors (Lipinski definition) is 2. The van der Waals surface area contributed by atoms with Crippen molar-refractivity contribution < 1.29 is 18.7 Å². The Hall–Kier alpha value is -2.94. The van der Waals surface area contributed by atoms with Gasteiger partial charge in [-0.3, -0.25) is 4.79 Å².